The lowest BCUT2D eigenvalue weighted by molar-refractivity contribution is -0.136. The van der Waals surface area contributed by atoms with Gasteiger partial charge in [-0.05, 0) is 31.0 Å². The van der Waals surface area contributed by atoms with Crippen LogP contribution in [0.3, 0.4) is 0 Å². The van der Waals surface area contributed by atoms with Crippen LogP contribution in [0, 0.1) is 6.92 Å². The molecule has 1 heterocycles. The molecule has 0 saturated carbocycles. The molecule has 5 nitrogen and oxygen atoms in total. The molecule has 1 aliphatic rings. The topological polar surface area (TPSA) is 58.6 Å². The number of nitrogens with zero attached hydrogens (tertiary/aromatic N) is 1. The highest BCUT2D eigenvalue weighted by molar-refractivity contribution is 6.36. The lowest BCUT2D eigenvalue weighted by atomic mass is 10.0. The Bertz CT molecular complexity index is 869. The Morgan fingerprint density at radius 1 is 1.00 bits per heavy atom. The van der Waals surface area contributed by atoms with Gasteiger partial charge in [-0.15, -0.1) is 0 Å². The first-order chi connectivity index (χ1) is 12.6. The standard InChI is InChI=1S/C21H22N2O3/c1-4-13-23-20(24)18(15-11-9-14(2)10-12-15)19(21(23)25)22-16-7-5-6-8-17(16)26-3/h5-12,22H,4,13H2,1-3H3. The number of rotatable bonds is 6. The molecular weight excluding hydrogens is 328 g/mol. The van der Waals surface area contributed by atoms with Gasteiger partial charge in [-0.2, -0.15) is 0 Å². The number of nitrogens with one attached hydrogen (secondary N) is 1. The first-order valence-electron chi connectivity index (χ1n) is 8.64. The summed E-state index contributed by atoms with van der Waals surface area (Å²) in [7, 11) is 1.57. The van der Waals surface area contributed by atoms with Gasteiger partial charge in [0, 0.05) is 6.54 Å². The van der Waals surface area contributed by atoms with E-state index >= 15 is 0 Å². The van der Waals surface area contributed by atoms with Crippen molar-refractivity contribution in [3.8, 4) is 5.75 Å². The first kappa shape index (κ1) is 17.7. The van der Waals surface area contributed by atoms with Crippen LogP contribution in [0.4, 0.5) is 5.69 Å². The summed E-state index contributed by atoms with van der Waals surface area (Å²) in [5.74, 6) is 0.0360. The van der Waals surface area contributed by atoms with Crippen LogP contribution < -0.4 is 10.1 Å². The number of aryl methyl sites for hydroxylation is 1. The number of amides is 2. The van der Waals surface area contributed by atoms with Crippen LogP contribution in [-0.4, -0.2) is 30.4 Å². The van der Waals surface area contributed by atoms with E-state index in [1.165, 1.54) is 4.90 Å². The average molecular weight is 350 g/mol. The second-order valence-corrected chi connectivity index (χ2v) is 6.20. The fraction of sp³-hybridized carbons (Fsp3) is 0.238. The molecule has 0 atom stereocenters. The Morgan fingerprint density at radius 3 is 2.35 bits per heavy atom. The van der Waals surface area contributed by atoms with E-state index in [9.17, 15) is 9.59 Å². The molecule has 2 aromatic rings. The minimum atomic E-state index is -0.307. The van der Waals surface area contributed by atoms with Gasteiger partial charge >= 0.3 is 0 Å². The van der Waals surface area contributed by atoms with Crippen molar-refractivity contribution in [1.82, 2.24) is 4.90 Å². The van der Waals surface area contributed by atoms with Crippen molar-refractivity contribution < 1.29 is 14.3 Å². The van der Waals surface area contributed by atoms with E-state index in [1.807, 2.05) is 56.3 Å². The summed E-state index contributed by atoms with van der Waals surface area (Å²) in [6.45, 7) is 4.32. The monoisotopic (exact) mass is 350 g/mol. The highest BCUT2D eigenvalue weighted by Gasteiger charge is 2.38. The number of imide groups is 1. The maximum absolute atomic E-state index is 12.9. The maximum Gasteiger partial charge on any atom is 0.278 e. The zero-order valence-corrected chi connectivity index (χ0v) is 15.2. The minimum absolute atomic E-state index is 0.266. The molecule has 5 heteroatoms. The Labute approximate surface area is 153 Å². The summed E-state index contributed by atoms with van der Waals surface area (Å²) >= 11 is 0. The van der Waals surface area contributed by atoms with Crippen molar-refractivity contribution in [2.75, 3.05) is 19.0 Å². The summed E-state index contributed by atoms with van der Waals surface area (Å²) in [6.07, 6.45) is 0.709. The van der Waals surface area contributed by atoms with Crippen molar-refractivity contribution in [3.05, 3.63) is 65.4 Å². The molecule has 0 spiro atoms. The largest absolute Gasteiger partial charge is 0.495 e. The van der Waals surface area contributed by atoms with Gasteiger partial charge in [0.15, 0.2) is 0 Å². The number of ether oxygens (including phenoxy) is 1. The Morgan fingerprint density at radius 2 is 1.69 bits per heavy atom. The van der Waals surface area contributed by atoms with Crippen molar-refractivity contribution in [1.29, 1.82) is 0 Å². The fourth-order valence-electron chi connectivity index (χ4n) is 2.99. The quantitative estimate of drug-likeness (QED) is 0.809. The van der Waals surface area contributed by atoms with Gasteiger partial charge in [-0.25, -0.2) is 0 Å². The van der Waals surface area contributed by atoms with Gasteiger partial charge in [-0.3, -0.25) is 14.5 Å². The van der Waals surface area contributed by atoms with Crippen molar-refractivity contribution in [3.63, 3.8) is 0 Å². The van der Waals surface area contributed by atoms with Crippen molar-refractivity contribution in [2.45, 2.75) is 20.3 Å². The molecule has 2 aromatic carbocycles. The zero-order valence-electron chi connectivity index (χ0n) is 15.2. The van der Waals surface area contributed by atoms with Gasteiger partial charge in [0.05, 0.1) is 18.4 Å². The Kier molecular flexibility index (Phi) is 5.07. The van der Waals surface area contributed by atoms with Crippen LogP contribution in [0.2, 0.25) is 0 Å². The van der Waals surface area contributed by atoms with Gasteiger partial charge in [0.2, 0.25) is 0 Å². The third-order valence-electron chi connectivity index (χ3n) is 4.32. The number of carbonyl (C=O) groups excluding carboxylic acids is 2. The highest BCUT2D eigenvalue weighted by Crippen LogP contribution is 2.33. The predicted molar refractivity (Wildman–Crippen MR) is 102 cm³/mol. The van der Waals surface area contributed by atoms with Crippen molar-refractivity contribution >= 4 is 23.1 Å². The number of hydrogen-bond donors (Lipinski definition) is 1. The van der Waals surface area contributed by atoms with Crippen LogP contribution in [0.1, 0.15) is 24.5 Å². The zero-order chi connectivity index (χ0) is 18.7. The molecule has 1 aliphatic heterocycles. The van der Waals surface area contributed by atoms with E-state index < -0.39 is 0 Å². The normalized spacial score (nSPS) is 14.2. The second kappa shape index (κ2) is 7.44. The highest BCUT2D eigenvalue weighted by atomic mass is 16.5. The number of anilines is 1. The molecule has 0 fully saturated rings. The molecule has 0 saturated heterocycles. The molecule has 26 heavy (non-hydrogen) atoms. The molecule has 2 amide bonds. The van der Waals surface area contributed by atoms with E-state index in [1.54, 1.807) is 13.2 Å². The molecule has 1 N–H and O–H groups in total. The van der Waals surface area contributed by atoms with E-state index in [4.69, 9.17) is 4.74 Å². The third-order valence-corrected chi connectivity index (χ3v) is 4.32. The molecular formula is C21H22N2O3. The van der Waals surface area contributed by atoms with Crippen LogP contribution in [0.5, 0.6) is 5.75 Å². The predicted octanol–water partition coefficient (Wildman–Crippen LogP) is 3.61. The van der Waals surface area contributed by atoms with Crippen molar-refractivity contribution in [2.24, 2.45) is 0 Å². The van der Waals surface area contributed by atoms with Gasteiger partial charge < -0.3 is 10.1 Å². The molecule has 134 valence electrons. The lowest BCUT2D eigenvalue weighted by Crippen LogP contribution is -2.33. The van der Waals surface area contributed by atoms with E-state index in [2.05, 4.69) is 5.32 Å². The summed E-state index contributed by atoms with van der Waals surface area (Å²) in [4.78, 5) is 27.1. The number of benzene rings is 2. The Balaban J connectivity index is 2.09. The van der Waals surface area contributed by atoms with Gasteiger partial charge in [0.25, 0.3) is 11.8 Å². The number of hydrogen-bond acceptors (Lipinski definition) is 4. The summed E-state index contributed by atoms with van der Waals surface area (Å²) in [5, 5.41) is 3.13. The van der Waals surface area contributed by atoms with Gasteiger partial charge in [-0.1, -0.05) is 48.9 Å². The van der Waals surface area contributed by atoms with Crippen LogP contribution >= 0.6 is 0 Å². The van der Waals surface area contributed by atoms with Crippen LogP contribution in [0.15, 0.2) is 54.2 Å². The van der Waals surface area contributed by atoms with Crippen LogP contribution in [0.25, 0.3) is 5.57 Å². The second-order valence-electron chi connectivity index (χ2n) is 6.20. The van der Waals surface area contributed by atoms with Gasteiger partial charge in [0.1, 0.15) is 11.4 Å². The SMILES string of the molecule is CCCN1C(=O)C(Nc2ccccc2OC)=C(c2ccc(C)cc2)C1=O. The average Bonchev–Trinajstić information content (AvgIpc) is 2.88. The summed E-state index contributed by atoms with van der Waals surface area (Å²) < 4.78 is 5.35. The molecule has 3 rings (SSSR count). The van der Waals surface area contributed by atoms with E-state index in [-0.39, 0.29) is 17.5 Å². The van der Waals surface area contributed by atoms with E-state index in [0.29, 0.717) is 30.0 Å². The lowest BCUT2D eigenvalue weighted by Gasteiger charge is -2.14. The summed E-state index contributed by atoms with van der Waals surface area (Å²) in [6, 6.07) is 14.9. The number of carbonyl (C=O) groups is 2. The molecule has 0 radical (unpaired) electrons. The van der Waals surface area contributed by atoms with Crippen LogP contribution in [-0.2, 0) is 9.59 Å². The molecule has 0 aliphatic carbocycles. The maximum atomic E-state index is 12.9. The summed E-state index contributed by atoms with van der Waals surface area (Å²) in [5.41, 5.74) is 3.15. The minimum Gasteiger partial charge on any atom is -0.495 e. The Hall–Kier alpha value is -3.08. The van der Waals surface area contributed by atoms with E-state index in [0.717, 1.165) is 11.1 Å². The molecule has 0 aromatic heterocycles. The smallest absolute Gasteiger partial charge is 0.278 e. The molecule has 0 bridgehead atoms. The molecule has 0 unspecified atom stereocenters. The third kappa shape index (κ3) is 3.20. The first-order valence-corrected chi connectivity index (χ1v) is 8.64. The number of methoxy groups -OCH3 is 1. The number of para-hydroxylation sites is 2. The fourth-order valence-corrected chi connectivity index (χ4v) is 2.99.